The van der Waals surface area contributed by atoms with E-state index in [1.54, 1.807) is 0 Å². The first-order chi connectivity index (χ1) is 7.45. The van der Waals surface area contributed by atoms with Crippen molar-refractivity contribution in [1.29, 1.82) is 0 Å². The van der Waals surface area contributed by atoms with Crippen LogP contribution >= 0.6 is 0 Å². The Balaban J connectivity index is 1.97. The lowest BCUT2D eigenvalue weighted by molar-refractivity contribution is 0.614. The van der Waals surface area contributed by atoms with Crippen LogP contribution in [0.15, 0.2) is 6.20 Å². The average Bonchev–Trinajstić information content (AvgIpc) is 3.01. The van der Waals surface area contributed by atoms with E-state index in [9.17, 15) is 0 Å². The molecule has 1 aliphatic carbocycles. The zero-order valence-electron chi connectivity index (χ0n) is 8.79. The Labute approximate surface area is 90.0 Å². The highest BCUT2D eigenvalue weighted by molar-refractivity contribution is 6.75. The predicted octanol–water partition coefficient (Wildman–Crippen LogP) is -0.0614. The predicted molar refractivity (Wildman–Crippen MR) is 59.6 cm³/mol. The number of hydrazine groups is 1. The molecule has 0 atom stereocenters. The highest BCUT2D eigenvalue weighted by atomic mass is 15.5. The molecule has 2 N–H and O–H groups in total. The van der Waals surface area contributed by atoms with Gasteiger partial charge in [0.05, 0.1) is 11.8 Å². The smallest absolute Gasteiger partial charge is 0.283 e. The van der Waals surface area contributed by atoms with Gasteiger partial charge in [0.1, 0.15) is 0 Å². The number of fused-ring (bicyclic) bond motifs is 1. The summed E-state index contributed by atoms with van der Waals surface area (Å²) in [6, 6.07) is 0. The van der Waals surface area contributed by atoms with Crippen LogP contribution in [-0.2, 0) is 12.8 Å². The quantitative estimate of drug-likeness (QED) is 0.494. The van der Waals surface area contributed by atoms with Gasteiger partial charge in [-0.2, -0.15) is 10.2 Å². The number of aromatic nitrogens is 2. The van der Waals surface area contributed by atoms with Crippen LogP contribution in [0, 0.1) is 0 Å². The summed E-state index contributed by atoms with van der Waals surface area (Å²) in [6.45, 7) is 0.256. The van der Waals surface area contributed by atoms with Crippen LogP contribution in [0.25, 0.3) is 0 Å². The van der Waals surface area contributed by atoms with E-state index in [2.05, 4.69) is 20.9 Å². The maximum atomic E-state index is 4.25. The monoisotopic (exact) mass is 202 g/mol. The van der Waals surface area contributed by atoms with Gasteiger partial charge in [-0.05, 0) is 36.8 Å². The fourth-order valence-corrected chi connectivity index (χ4v) is 2.35. The van der Waals surface area contributed by atoms with Crippen molar-refractivity contribution in [3.05, 3.63) is 17.3 Å². The first-order valence-corrected chi connectivity index (χ1v) is 5.79. The summed E-state index contributed by atoms with van der Waals surface area (Å²) in [5, 5.41) is 14.5. The fraction of sp³-hybridized carbons (Fsp3) is 0.600. The van der Waals surface area contributed by atoms with Gasteiger partial charge in [-0.1, -0.05) is 12.8 Å². The minimum Gasteiger partial charge on any atom is -0.283 e. The molecule has 1 fully saturated rings. The van der Waals surface area contributed by atoms with Gasteiger partial charge < -0.3 is 0 Å². The van der Waals surface area contributed by atoms with Gasteiger partial charge in [0.25, 0.3) is 0 Å². The summed E-state index contributed by atoms with van der Waals surface area (Å²) in [7, 11) is 0. The molecule has 0 bridgehead atoms. The largest absolute Gasteiger partial charge is 0.389 e. The lowest BCUT2D eigenvalue weighted by atomic mass is 9.76. The fourth-order valence-electron chi connectivity index (χ4n) is 2.35. The van der Waals surface area contributed by atoms with Gasteiger partial charge in [-0.25, -0.2) is 0 Å². The topological polar surface area (TPSA) is 69.7 Å². The van der Waals surface area contributed by atoms with Crippen LogP contribution in [0.2, 0.25) is 0 Å². The number of aryl methyl sites for hydroxylation is 1. The normalized spacial score (nSPS) is 20.4. The van der Waals surface area contributed by atoms with Gasteiger partial charge in [0, 0.05) is 0 Å². The van der Waals surface area contributed by atoms with E-state index < -0.39 is 0 Å². The van der Waals surface area contributed by atoms with E-state index in [-0.39, 0.29) is 6.98 Å². The Bertz CT molecular complexity index is 364. The van der Waals surface area contributed by atoms with Crippen molar-refractivity contribution in [2.75, 3.05) is 0 Å². The molecule has 0 amide bonds. The third-order valence-electron chi connectivity index (χ3n) is 3.26. The summed E-state index contributed by atoms with van der Waals surface area (Å²) in [4.78, 5) is 0. The highest BCUT2D eigenvalue weighted by Gasteiger charge is 2.34. The van der Waals surface area contributed by atoms with Crippen molar-refractivity contribution >= 4 is 12.6 Å². The lowest BCUT2D eigenvalue weighted by Crippen LogP contribution is -2.32. The van der Waals surface area contributed by atoms with Crippen molar-refractivity contribution in [2.24, 2.45) is 0 Å². The second-order valence-corrected chi connectivity index (χ2v) is 4.37. The Kier molecular flexibility index (Phi) is 2.42. The van der Waals surface area contributed by atoms with E-state index in [1.165, 1.54) is 49.7 Å². The summed E-state index contributed by atoms with van der Waals surface area (Å²) in [5.41, 5.74) is 3.97. The second-order valence-electron chi connectivity index (χ2n) is 4.37. The van der Waals surface area contributed by atoms with E-state index in [4.69, 9.17) is 0 Å². The molecule has 1 aliphatic heterocycles. The van der Waals surface area contributed by atoms with Gasteiger partial charge in [-0.3, -0.25) is 10.7 Å². The minimum atomic E-state index is 0.256. The van der Waals surface area contributed by atoms with Crippen molar-refractivity contribution in [1.82, 2.24) is 20.9 Å². The number of hydrogen-bond acceptors (Lipinski definition) is 4. The highest BCUT2D eigenvalue weighted by Crippen LogP contribution is 2.17. The molecule has 0 spiro atoms. The minimum absolute atomic E-state index is 0.256. The molecule has 15 heavy (non-hydrogen) atoms. The third kappa shape index (κ3) is 1.89. The molecule has 0 saturated carbocycles. The summed E-state index contributed by atoms with van der Waals surface area (Å²) >= 11 is 0. The van der Waals surface area contributed by atoms with Crippen LogP contribution in [0.1, 0.15) is 36.8 Å². The van der Waals surface area contributed by atoms with E-state index in [0.29, 0.717) is 0 Å². The molecule has 2 heterocycles. The Morgan fingerprint density at radius 2 is 1.87 bits per heavy atom. The first-order valence-electron chi connectivity index (χ1n) is 5.79. The van der Waals surface area contributed by atoms with Gasteiger partial charge in [0.15, 0.2) is 0 Å². The Morgan fingerprint density at radius 3 is 2.67 bits per heavy atom. The second kappa shape index (κ2) is 3.91. The standard InChI is InChI=1S/C10H15BN4/c1-2-4-6-9-8(5-3-1)7-12-13-10(9)11-14-15-11/h7,14-15H,1-6H2. The Morgan fingerprint density at radius 1 is 1.07 bits per heavy atom. The number of hydrogen-bond donors (Lipinski definition) is 2. The molecule has 0 unspecified atom stereocenters. The third-order valence-corrected chi connectivity index (χ3v) is 3.26. The van der Waals surface area contributed by atoms with Gasteiger partial charge in [-0.15, -0.1) is 0 Å². The van der Waals surface area contributed by atoms with Crippen LogP contribution in [0.3, 0.4) is 0 Å². The van der Waals surface area contributed by atoms with E-state index >= 15 is 0 Å². The van der Waals surface area contributed by atoms with E-state index in [0.717, 1.165) is 5.59 Å². The van der Waals surface area contributed by atoms with Crippen molar-refractivity contribution < 1.29 is 0 Å². The zero-order valence-corrected chi connectivity index (χ0v) is 8.79. The Hall–Kier alpha value is -0.935. The molecule has 78 valence electrons. The molecule has 2 aliphatic rings. The van der Waals surface area contributed by atoms with Gasteiger partial charge >= 0.3 is 6.98 Å². The molecule has 1 saturated heterocycles. The SMILES string of the molecule is c1nnc(B2NN2)c2c1CCCCCC2. The molecular formula is C10H15BN4. The number of nitrogens with one attached hydrogen (secondary N) is 2. The molecule has 5 heteroatoms. The molecule has 1 aromatic rings. The maximum absolute atomic E-state index is 4.25. The van der Waals surface area contributed by atoms with Crippen LogP contribution in [0.5, 0.6) is 0 Å². The summed E-state index contributed by atoms with van der Waals surface area (Å²) in [6.07, 6.45) is 9.59. The molecular weight excluding hydrogens is 187 g/mol. The molecule has 0 aromatic carbocycles. The van der Waals surface area contributed by atoms with Crippen molar-refractivity contribution in [3.63, 3.8) is 0 Å². The zero-order chi connectivity index (χ0) is 10.1. The van der Waals surface area contributed by atoms with Crippen LogP contribution < -0.4 is 16.3 Å². The van der Waals surface area contributed by atoms with Crippen LogP contribution in [0.4, 0.5) is 0 Å². The molecule has 3 rings (SSSR count). The van der Waals surface area contributed by atoms with Crippen molar-refractivity contribution in [2.45, 2.75) is 38.5 Å². The summed E-state index contributed by atoms with van der Waals surface area (Å²) in [5.74, 6) is 0. The average molecular weight is 202 g/mol. The van der Waals surface area contributed by atoms with Gasteiger partial charge in [0.2, 0.25) is 0 Å². The van der Waals surface area contributed by atoms with Crippen molar-refractivity contribution in [3.8, 4) is 0 Å². The molecule has 0 radical (unpaired) electrons. The summed E-state index contributed by atoms with van der Waals surface area (Å²) < 4.78 is 0. The number of rotatable bonds is 1. The maximum Gasteiger partial charge on any atom is 0.389 e. The van der Waals surface area contributed by atoms with E-state index in [1.807, 2.05) is 6.20 Å². The lowest BCUT2D eigenvalue weighted by Gasteiger charge is -2.14. The molecule has 1 aromatic heterocycles. The molecule has 4 nitrogen and oxygen atoms in total. The first kappa shape index (κ1) is 9.30. The number of nitrogens with zero attached hydrogens (tertiary/aromatic N) is 2. The van der Waals surface area contributed by atoms with Crippen LogP contribution in [-0.4, -0.2) is 17.2 Å².